The SMILES string of the molecule is COc1ccc2c3c1OC1[C@H](NC(=O)c4cccc(I)c4)CCC4C(C2)NCC[C@@]341. The van der Waals surface area contributed by atoms with Crippen LogP contribution in [0.1, 0.15) is 40.7 Å². The molecule has 2 fully saturated rings. The third kappa shape index (κ3) is 2.52. The zero-order valence-electron chi connectivity index (χ0n) is 16.9. The van der Waals surface area contributed by atoms with Crippen molar-refractivity contribution in [2.45, 2.75) is 49.3 Å². The molecule has 2 N–H and O–H groups in total. The third-order valence-electron chi connectivity index (χ3n) is 7.74. The van der Waals surface area contributed by atoms with Crippen LogP contribution in [-0.2, 0) is 11.8 Å². The number of amides is 1. The highest BCUT2D eigenvalue weighted by Crippen LogP contribution is 2.62. The normalized spacial score (nSPS) is 32.7. The summed E-state index contributed by atoms with van der Waals surface area (Å²) >= 11 is 2.25. The van der Waals surface area contributed by atoms with E-state index in [0.29, 0.717) is 17.5 Å². The van der Waals surface area contributed by atoms with E-state index in [-0.39, 0.29) is 23.5 Å². The fourth-order valence-electron chi connectivity index (χ4n) is 6.64. The van der Waals surface area contributed by atoms with Crippen molar-refractivity contribution in [2.75, 3.05) is 13.7 Å². The lowest BCUT2D eigenvalue weighted by atomic mass is 9.51. The molecule has 3 unspecified atom stereocenters. The van der Waals surface area contributed by atoms with E-state index in [1.165, 1.54) is 11.1 Å². The van der Waals surface area contributed by atoms with Gasteiger partial charge in [-0.25, -0.2) is 0 Å². The molecule has 5 nitrogen and oxygen atoms in total. The van der Waals surface area contributed by atoms with Gasteiger partial charge in [0.2, 0.25) is 0 Å². The molecule has 2 heterocycles. The second-order valence-electron chi connectivity index (χ2n) is 9.00. The smallest absolute Gasteiger partial charge is 0.251 e. The van der Waals surface area contributed by atoms with Crippen molar-refractivity contribution in [1.29, 1.82) is 0 Å². The molecule has 2 aromatic rings. The Labute approximate surface area is 190 Å². The Morgan fingerprint density at radius 2 is 2.20 bits per heavy atom. The van der Waals surface area contributed by atoms with Gasteiger partial charge in [-0.15, -0.1) is 0 Å². The van der Waals surface area contributed by atoms with Crippen molar-refractivity contribution < 1.29 is 14.3 Å². The van der Waals surface area contributed by atoms with Gasteiger partial charge in [0.15, 0.2) is 11.5 Å². The zero-order valence-corrected chi connectivity index (χ0v) is 19.1. The molecule has 30 heavy (non-hydrogen) atoms. The Morgan fingerprint density at radius 3 is 3.03 bits per heavy atom. The molecule has 2 aliphatic carbocycles. The summed E-state index contributed by atoms with van der Waals surface area (Å²) in [5.41, 5.74) is 3.42. The molecule has 2 aliphatic heterocycles. The topological polar surface area (TPSA) is 59.6 Å². The van der Waals surface area contributed by atoms with E-state index in [9.17, 15) is 4.79 Å². The van der Waals surface area contributed by atoms with E-state index in [1.54, 1.807) is 7.11 Å². The van der Waals surface area contributed by atoms with E-state index in [0.717, 1.165) is 47.3 Å². The van der Waals surface area contributed by atoms with Gasteiger partial charge in [0, 0.05) is 26.2 Å². The highest BCUT2D eigenvalue weighted by Gasteiger charge is 2.64. The molecule has 1 saturated carbocycles. The first kappa shape index (κ1) is 18.9. The number of carbonyl (C=O) groups excluding carboxylic acids is 1. The Balaban J connectivity index is 1.41. The summed E-state index contributed by atoms with van der Waals surface area (Å²) in [7, 11) is 1.71. The van der Waals surface area contributed by atoms with Crippen molar-refractivity contribution in [3.05, 3.63) is 56.7 Å². The van der Waals surface area contributed by atoms with Gasteiger partial charge < -0.3 is 20.1 Å². The first-order valence-electron chi connectivity index (χ1n) is 10.8. The van der Waals surface area contributed by atoms with E-state index in [2.05, 4.69) is 39.3 Å². The third-order valence-corrected chi connectivity index (χ3v) is 8.41. The van der Waals surface area contributed by atoms with Crippen molar-refractivity contribution in [2.24, 2.45) is 5.92 Å². The number of benzene rings is 2. The summed E-state index contributed by atoms with van der Waals surface area (Å²) in [5.74, 6) is 2.26. The molecule has 6 heteroatoms. The molecular formula is C24H25IN2O3. The van der Waals surface area contributed by atoms with Crippen LogP contribution in [0.25, 0.3) is 0 Å². The van der Waals surface area contributed by atoms with Gasteiger partial charge in [-0.2, -0.15) is 0 Å². The predicted octanol–water partition coefficient (Wildman–Crippen LogP) is 3.43. The van der Waals surface area contributed by atoms with Gasteiger partial charge in [0.25, 0.3) is 5.91 Å². The summed E-state index contributed by atoms with van der Waals surface area (Å²) in [6, 6.07) is 12.5. The number of ether oxygens (including phenoxy) is 2. The minimum atomic E-state index is -0.0436. The van der Waals surface area contributed by atoms with E-state index in [4.69, 9.17) is 9.47 Å². The molecule has 1 saturated heterocycles. The number of piperidine rings is 1. The van der Waals surface area contributed by atoms with Gasteiger partial charge in [-0.05, 0) is 90.6 Å². The highest BCUT2D eigenvalue weighted by molar-refractivity contribution is 14.1. The maximum absolute atomic E-state index is 13.1. The molecule has 1 spiro atoms. The minimum Gasteiger partial charge on any atom is -0.493 e. The molecule has 2 bridgehead atoms. The number of rotatable bonds is 3. The number of halogens is 1. The van der Waals surface area contributed by atoms with Crippen LogP contribution in [0, 0.1) is 9.49 Å². The molecule has 6 rings (SSSR count). The molecule has 1 amide bonds. The number of methoxy groups -OCH3 is 1. The molecule has 0 aromatic heterocycles. The van der Waals surface area contributed by atoms with E-state index >= 15 is 0 Å². The van der Waals surface area contributed by atoms with Crippen LogP contribution >= 0.6 is 22.6 Å². The first-order valence-corrected chi connectivity index (χ1v) is 11.9. The lowest BCUT2D eigenvalue weighted by Gasteiger charge is -2.56. The number of nitrogens with one attached hydrogen (secondary N) is 2. The van der Waals surface area contributed by atoms with E-state index in [1.807, 2.05) is 30.3 Å². The molecule has 2 aromatic carbocycles. The van der Waals surface area contributed by atoms with Crippen molar-refractivity contribution in [3.8, 4) is 11.5 Å². The summed E-state index contributed by atoms with van der Waals surface area (Å²) in [4.78, 5) is 13.1. The number of hydrogen-bond donors (Lipinski definition) is 2. The molecular weight excluding hydrogens is 491 g/mol. The lowest BCUT2D eigenvalue weighted by Crippen LogP contribution is -2.68. The molecule has 0 radical (unpaired) electrons. The van der Waals surface area contributed by atoms with Crippen LogP contribution in [0.4, 0.5) is 0 Å². The van der Waals surface area contributed by atoms with Crippen molar-refractivity contribution in [1.82, 2.24) is 10.6 Å². The van der Waals surface area contributed by atoms with Crippen LogP contribution in [0.2, 0.25) is 0 Å². The maximum atomic E-state index is 13.1. The Hall–Kier alpha value is -1.80. The van der Waals surface area contributed by atoms with E-state index < -0.39 is 0 Å². The van der Waals surface area contributed by atoms with Gasteiger partial charge in [0.1, 0.15) is 6.10 Å². The quantitative estimate of drug-likeness (QED) is 0.615. The summed E-state index contributed by atoms with van der Waals surface area (Å²) in [5, 5.41) is 7.11. The standard InChI is InChI=1S/C24H25IN2O3/c1-29-19-8-5-13-12-18-16-6-7-17(27-23(28)14-3-2-4-15(25)11-14)22-24(16,9-10-26-18)20(13)21(19)30-22/h2-5,8,11,16-18,22,26H,6-7,9-10,12H2,1H3,(H,27,28)/t16?,17-,18?,22?,24+/m1/s1. The zero-order chi connectivity index (χ0) is 20.5. The van der Waals surface area contributed by atoms with Crippen LogP contribution in [0.5, 0.6) is 11.5 Å². The fourth-order valence-corrected chi connectivity index (χ4v) is 7.19. The number of carbonyl (C=O) groups is 1. The highest BCUT2D eigenvalue weighted by atomic mass is 127. The van der Waals surface area contributed by atoms with Crippen LogP contribution in [-0.4, -0.2) is 37.7 Å². The summed E-state index contributed by atoms with van der Waals surface area (Å²) < 4.78 is 13.5. The van der Waals surface area contributed by atoms with Crippen molar-refractivity contribution in [3.63, 3.8) is 0 Å². The minimum absolute atomic E-state index is 0.00609. The monoisotopic (exact) mass is 516 g/mol. The first-order chi connectivity index (χ1) is 14.6. The average Bonchev–Trinajstić information content (AvgIpc) is 3.09. The van der Waals surface area contributed by atoms with Crippen LogP contribution in [0.15, 0.2) is 36.4 Å². The maximum Gasteiger partial charge on any atom is 0.251 e. The van der Waals surface area contributed by atoms with Gasteiger partial charge in [-0.3, -0.25) is 4.79 Å². The Bertz CT molecular complexity index is 1040. The fraction of sp³-hybridized carbons (Fsp3) is 0.458. The van der Waals surface area contributed by atoms with Crippen molar-refractivity contribution >= 4 is 28.5 Å². The molecule has 5 atom stereocenters. The largest absolute Gasteiger partial charge is 0.493 e. The molecule has 156 valence electrons. The second-order valence-corrected chi connectivity index (χ2v) is 10.2. The second kappa shape index (κ2) is 6.85. The lowest BCUT2D eigenvalue weighted by molar-refractivity contribution is -0.0171. The van der Waals surface area contributed by atoms with Crippen LogP contribution in [0.3, 0.4) is 0 Å². The summed E-state index contributed by atoms with van der Waals surface area (Å²) in [6.07, 6.45) is 4.09. The van der Waals surface area contributed by atoms with Crippen LogP contribution < -0.4 is 20.1 Å². The molecule has 4 aliphatic rings. The van der Waals surface area contributed by atoms with Gasteiger partial charge in [0.05, 0.1) is 13.2 Å². The average molecular weight is 516 g/mol. The Kier molecular flexibility index (Phi) is 4.32. The number of hydrogen-bond acceptors (Lipinski definition) is 4. The predicted molar refractivity (Wildman–Crippen MR) is 122 cm³/mol. The van der Waals surface area contributed by atoms with Gasteiger partial charge in [-0.1, -0.05) is 12.1 Å². The van der Waals surface area contributed by atoms with Gasteiger partial charge >= 0.3 is 0 Å². The summed E-state index contributed by atoms with van der Waals surface area (Å²) in [6.45, 7) is 0.995. The Morgan fingerprint density at radius 1 is 1.30 bits per heavy atom.